The fraction of sp³-hybridized carbons (Fsp3) is 0.447. The molecule has 16 nitrogen and oxygen atoms in total. The standard InChI is InChI=1S/C47H56ClN5O11/c1-5-15-35(39(55)42(57)49-26-37(54)63-40(33-20-13-8-14-21-33)44(59)62-29-31-16-9-6-10-17-31)50-41(56)36-28-52(27-30-22-24-34(48)25-23-30)46(61)53(36)43(58)38(32-18-11-7-12-19-32)51-45(60)64-47(2,3)4/h6,8-10,13-14,16-17,20-25,32,35-36,38,40H,5,7,11-12,15,18-19,26-29H2,1-4H3,(H,49,57)(H,50,56)(H,51,60)/t35?,36?,38?,40-/m0/s1. The number of benzene rings is 3. The van der Waals surface area contributed by atoms with E-state index in [-0.39, 0.29) is 32.0 Å². The molecule has 2 fully saturated rings. The molecule has 3 aromatic rings. The zero-order valence-electron chi connectivity index (χ0n) is 36.5. The van der Waals surface area contributed by atoms with E-state index in [0.717, 1.165) is 24.2 Å². The van der Waals surface area contributed by atoms with Crippen molar-refractivity contribution in [2.45, 2.75) is 116 Å². The van der Waals surface area contributed by atoms with Gasteiger partial charge in [0.25, 0.3) is 11.8 Å². The van der Waals surface area contributed by atoms with Crippen molar-refractivity contribution < 1.29 is 52.6 Å². The predicted molar refractivity (Wildman–Crippen MR) is 234 cm³/mol. The van der Waals surface area contributed by atoms with Gasteiger partial charge in [0.2, 0.25) is 17.8 Å². The summed E-state index contributed by atoms with van der Waals surface area (Å²) in [5.41, 5.74) is 0.800. The van der Waals surface area contributed by atoms with Crippen LogP contribution in [0.2, 0.25) is 5.02 Å². The first-order valence-electron chi connectivity index (χ1n) is 21.5. The highest BCUT2D eigenvalue weighted by molar-refractivity contribution is 6.38. The average molecular weight is 902 g/mol. The Morgan fingerprint density at radius 3 is 2.09 bits per heavy atom. The number of imide groups is 1. The predicted octanol–water partition coefficient (Wildman–Crippen LogP) is 5.94. The molecule has 1 aliphatic carbocycles. The van der Waals surface area contributed by atoms with Crippen molar-refractivity contribution in [1.29, 1.82) is 0 Å². The normalized spacial score (nSPS) is 16.8. The fourth-order valence-electron chi connectivity index (χ4n) is 7.56. The molecule has 1 saturated heterocycles. The number of carbonyl (C=O) groups is 8. The van der Waals surface area contributed by atoms with E-state index in [9.17, 15) is 38.4 Å². The van der Waals surface area contributed by atoms with E-state index >= 15 is 0 Å². The summed E-state index contributed by atoms with van der Waals surface area (Å²) in [6.45, 7) is 5.60. The summed E-state index contributed by atoms with van der Waals surface area (Å²) in [6, 6.07) is 18.8. The topological polar surface area (TPSA) is 207 Å². The Morgan fingerprint density at radius 1 is 0.828 bits per heavy atom. The lowest BCUT2D eigenvalue weighted by Gasteiger charge is -2.34. The number of amides is 6. The maximum atomic E-state index is 14.6. The summed E-state index contributed by atoms with van der Waals surface area (Å²) < 4.78 is 16.4. The molecule has 3 N–H and O–H groups in total. The number of ketones is 1. The summed E-state index contributed by atoms with van der Waals surface area (Å²) in [6.07, 6.45) is 1.67. The summed E-state index contributed by atoms with van der Waals surface area (Å²) in [5.74, 6) is -6.29. The van der Waals surface area contributed by atoms with Crippen LogP contribution in [0.4, 0.5) is 9.59 Å². The van der Waals surface area contributed by atoms with Crippen molar-refractivity contribution in [2.75, 3.05) is 13.1 Å². The van der Waals surface area contributed by atoms with Gasteiger partial charge in [-0.15, -0.1) is 0 Å². The number of hydrogen-bond donors (Lipinski definition) is 3. The second-order valence-electron chi connectivity index (χ2n) is 16.8. The molecule has 4 atom stereocenters. The number of carbonyl (C=O) groups excluding carboxylic acids is 8. The number of halogens is 1. The van der Waals surface area contributed by atoms with Crippen molar-refractivity contribution in [1.82, 2.24) is 25.8 Å². The average Bonchev–Trinajstić information content (AvgIpc) is 3.61. The molecule has 0 bridgehead atoms. The first-order valence-corrected chi connectivity index (χ1v) is 21.9. The lowest BCUT2D eigenvalue weighted by atomic mass is 9.83. The van der Waals surface area contributed by atoms with Crippen molar-refractivity contribution in [3.63, 3.8) is 0 Å². The molecule has 64 heavy (non-hydrogen) atoms. The van der Waals surface area contributed by atoms with Gasteiger partial charge >= 0.3 is 24.1 Å². The maximum Gasteiger partial charge on any atom is 0.408 e. The van der Waals surface area contributed by atoms with Crippen molar-refractivity contribution in [3.8, 4) is 0 Å². The lowest BCUT2D eigenvalue weighted by Crippen LogP contribution is -2.59. The van der Waals surface area contributed by atoms with Crippen LogP contribution in [0, 0.1) is 5.92 Å². The molecular weight excluding hydrogens is 846 g/mol. The van der Waals surface area contributed by atoms with Gasteiger partial charge in [0.15, 0.2) is 0 Å². The van der Waals surface area contributed by atoms with Crippen LogP contribution in [0.1, 0.15) is 95.4 Å². The van der Waals surface area contributed by atoms with Gasteiger partial charge < -0.3 is 35.1 Å². The molecule has 2 aliphatic rings. The second kappa shape index (κ2) is 22.9. The molecule has 1 heterocycles. The smallest absolute Gasteiger partial charge is 0.408 e. The van der Waals surface area contributed by atoms with Gasteiger partial charge in [-0.2, -0.15) is 0 Å². The van der Waals surface area contributed by atoms with Crippen LogP contribution in [0.15, 0.2) is 84.9 Å². The second-order valence-corrected chi connectivity index (χ2v) is 17.2. The van der Waals surface area contributed by atoms with Gasteiger partial charge in [0.1, 0.15) is 30.8 Å². The van der Waals surface area contributed by atoms with Gasteiger partial charge in [0, 0.05) is 17.1 Å². The molecule has 1 saturated carbocycles. The molecule has 6 amide bonds. The Hall–Kier alpha value is -6.29. The van der Waals surface area contributed by atoms with Crippen LogP contribution in [0.5, 0.6) is 0 Å². The van der Waals surface area contributed by atoms with E-state index in [1.165, 1.54) is 4.90 Å². The number of hydrogen-bond acceptors (Lipinski definition) is 11. The zero-order valence-corrected chi connectivity index (χ0v) is 37.3. The molecule has 0 aromatic heterocycles. The molecule has 3 unspecified atom stereocenters. The van der Waals surface area contributed by atoms with Crippen molar-refractivity contribution in [2.24, 2.45) is 5.92 Å². The molecule has 5 rings (SSSR count). The van der Waals surface area contributed by atoms with Crippen LogP contribution in [0.25, 0.3) is 0 Å². The summed E-state index contributed by atoms with van der Waals surface area (Å²) in [5, 5.41) is 7.96. The van der Waals surface area contributed by atoms with Gasteiger partial charge in [-0.3, -0.25) is 24.0 Å². The van der Waals surface area contributed by atoms with E-state index in [2.05, 4.69) is 16.0 Å². The molecular formula is C47H56ClN5O11. The van der Waals surface area contributed by atoms with E-state index in [4.69, 9.17) is 25.8 Å². The Labute approximate surface area is 377 Å². The maximum absolute atomic E-state index is 14.6. The first kappa shape index (κ1) is 48.7. The van der Waals surface area contributed by atoms with Crippen LogP contribution < -0.4 is 16.0 Å². The highest BCUT2D eigenvalue weighted by Crippen LogP contribution is 2.30. The summed E-state index contributed by atoms with van der Waals surface area (Å²) >= 11 is 6.09. The number of Topliss-reactive ketones (excluding diaryl/α,β-unsaturated/α-hetero) is 1. The minimum atomic E-state index is -1.48. The van der Waals surface area contributed by atoms with Crippen molar-refractivity contribution in [3.05, 3.63) is 107 Å². The Morgan fingerprint density at radius 2 is 1.47 bits per heavy atom. The third kappa shape index (κ3) is 13.9. The number of nitrogens with zero attached hydrogens (tertiary/aromatic N) is 2. The van der Waals surface area contributed by atoms with E-state index < -0.39 is 83.9 Å². The number of rotatable bonds is 18. The van der Waals surface area contributed by atoms with E-state index in [0.29, 0.717) is 41.0 Å². The number of alkyl carbamates (subject to hydrolysis) is 1. The third-order valence-corrected chi connectivity index (χ3v) is 10.9. The Kier molecular flexibility index (Phi) is 17.4. The van der Waals surface area contributed by atoms with Gasteiger partial charge in [0.05, 0.1) is 12.6 Å². The number of ether oxygens (including phenoxy) is 3. The largest absolute Gasteiger partial charge is 0.458 e. The minimum Gasteiger partial charge on any atom is -0.458 e. The molecule has 342 valence electrons. The zero-order chi connectivity index (χ0) is 46.4. The number of urea groups is 1. The van der Waals surface area contributed by atoms with E-state index in [1.54, 1.807) is 107 Å². The monoisotopic (exact) mass is 901 g/mol. The minimum absolute atomic E-state index is 0.00283. The van der Waals surface area contributed by atoms with Crippen LogP contribution in [0.3, 0.4) is 0 Å². The van der Waals surface area contributed by atoms with E-state index in [1.807, 2.05) is 6.07 Å². The molecule has 17 heteroatoms. The SMILES string of the molecule is CCCC(NC(=O)C1CN(Cc2ccc(Cl)cc2)C(=O)N1C(=O)C(NC(=O)OC(C)(C)C)C1CCCCC1)C(=O)C(=O)NCC(=O)O[C@H](C(=O)OCc1ccccc1)c1ccccc1. The van der Waals surface area contributed by atoms with Gasteiger partial charge in [-0.05, 0) is 69.2 Å². The molecule has 3 aromatic carbocycles. The summed E-state index contributed by atoms with van der Waals surface area (Å²) in [4.78, 5) is 112. The van der Waals surface area contributed by atoms with Crippen LogP contribution >= 0.6 is 11.6 Å². The molecule has 0 radical (unpaired) electrons. The number of esters is 2. The lowest BCUT2D eigenvalue weighted by molar-refractivity contribution is -0.169. The Balaban J connectivity index is 1.30. The Bertz CT molecular complexity index is 2130. The highest BCUT2D eigenvalue weighted by Gasteiger charge is 2.49. The quantitative estimate of drug-likeness (QED) is 0.0773. The molecule has 0 spiro atoms. The third-order valence-electron chi connectivity index (χ3n) is 10.7. The van der Waals surface area contributed by atoms with Crippen LogP contribution in [-0.2, 0) is 56.1 Å². The van der Waals surface area contributed by atoms with Gasteiger partial charge in [-0.25, -0.2) is 19.3 Å². The van der Waals surface area contributed by atoms with Crippen LogP contribution in [-0.4, -0.2) is 94.2 Å². The number of nitrogens with one attached hydrogen (secondary N) is 3. The molecule has 1 aliphatic heterocycles. The first-order chi connectivity index (χ1) is 30.5. The van der Waals surface area contributed by atoms with Gasteiger partial charge in [-0.1, -0.05) is 117 Å². The highest BCUT2D eigenvalue weighted by atomic mass is 35.5. The van der Waals surface area contributed by atoms with Crippen molar-refractivity contribution >= 4 is 59.2 Å². The summed E-state index contributed by atoms with van der Waals surface area (Å²) in [7, 11) is 0. The fourth-order valence-corrected chi connectivity index (χ4v) is 7.68.